The van der Waals surface area contributed by atoms with Crippen molar-refractivity contribution in [1.82, 2.24) is 5.32 Å². The first-order chi connectivity index (χ1) is 14.1. The van der Waals surface area contributed by atoms with Crippen molar-refractivity contribution in [1.29, 1.82) is 5.26 Å². The normalized spacial score (nSPS) is 9.93. The van der Waals surface area contributed by atoms with Crippen molar-refractivity contribution in [3.63, 3.8) is 0 Å². The zero-order valence-electron chi connectivity index (χ0n) is 15.8. The molecule has 0 aliphatic rings. The Kier molecular flexibility index (Phi) is 6.23. The maximum Gasteiger partial charge on any atom is 0.255 e. The van der Waals surface area contributed by atoms with Crippen LogP contribution in [0.2, 0.25) is 0 Å². The predicted octanol–water partition coefficient (Wildman–Crippen LogP) is 3.75. The highest BCUT2D eigenvalue weighted by atomic mass is 16.5. The van der Waals surface area contributed by atoms with E-state index >= 15 is 0 Å². The van der Waals surface area contributed by atoms with Crippen LogP contribution in [-0.4, -0.2) is 18.9 Å². The maximum absolute atomic E-state index is 12.7. The van der Waals surface area contributed by atoms with Crippen LogP contribution in [0, 0.1) is 11.3 Å². The molecule has 0 aliphatic heterocycles. The van der Waals surface area contributed by atoms with Crippen molar-refractivity contribution >= 4 is 17.5 Å². The number of amides is 2. The van der Waals surface area contributed by atoms with Crippen LogP contribution in [0.5, 0.6) is 5.75 Å². The van der Waals surface area contributed by atoms with Crippen LogP contribution >= 0.6 is 0 Å². The Morgan fingerprint density at radius 3 is 2.45 bits per heavy atom. The molecule has 0 heterocycles. The number of benzene rings is 3. The molecule has 0 fully saturated rings. The second kappa shape index (κ2) is 9.20. The summed E-state index contributed by atoms with van der Waals surface area (Å²) in [4.78, 5) is 25.2. The minimum atomic E-state index is -0.324. The van der Waals surface area contributed by atoms with E-state index < -0.39 is 0 Å². The predicted molar refractivity (Wildman–Crippen MR) is 110 cm³/mol. The maximum atomic E-state index is 12.7. The number of methoxy groups -OCH3 is 1. The Morgan fingerprint density at radius 1 is 0.966 bits per heavy atom. The summed E-state index contributed by atoms with van der Waals surface area (Å²) in [6, 6.07) is 22.6. The molecule has 0 spiro atoms. The number of hydrogen-bond acceptors (Lipinski definition) is 4. The van der Waals surface area contributed by atoms with Gasteiger partial charge in [0.1, 0.15) is 5.75 Å². The molecule has 0 aromatic heterocycles. The molecule has 2 amide bonds. The number of nitriles is 1. The third kappa shape index (κ3) is 4.99. The molecule has 29 heavy (non-hydrogen) atoms. The first-order valence-corrected chi connectivity index (χ1v) is 8.92. The molecule has 144 valence electrons. The molecule has 2 N–H and O–H groups in total. The lowest BCUT2D eigenvalue weighted by atomic mass is 10.1. The van der Waals surface area contributed by atoms with Gasteiger partial charge in [0.25, 0.3) is 11.8 Å². The molecule has 0 saturated heterocycles. The number of rotatable bonds is 6. The topological polar surface area (TPSA) is 91.2 Å². The number of carbonyl (C=O) groups excluding carboxylic acids is 2. The molecular formula is C23H19N3O3. The largest absolute Gasteiger partial charge is 0.497 e. The van der Waals surface area contributed by atoms with Crippen LogP contribution in [-0.2, 0) is 6.54 Å². The lowest BCUT2D eigenvalue weighted by Gasteiger charge is -2.12. The molecule has 0 radical (unpaired) electrons. The smallest absolute Gasteiger partial charge is 0.255 e. The summed E-state index contributed by atoms with van der Waals surface area (Å²) >= 11 is 0. The van der Waals surface area contributed by atoms with Gasteiger partial charge in [-0.25, -0.2) is 0 Å². The summed E-state index contributed by atoms with van der Waals surface area (Å²) in [6.45, 7) is 0.273. The molecule has 3 rings (SSSR count). The van der Waals surface area contributed by atoms with E-state index in [0.29, 0.717) is 28.1 Å². The average Bonchev–Trinajstić information content (AvgIpc) is 2.78. The van der Waals surface area contributed by atoms with Crippen LogP contribution < -0.4 is 15.4 Å². The third-order valence-electron chi connectivity index (χ3n) is 4.28. The first kappa shape index (κ1) is 19.6. The molecule has 0 atom stereocenters. The third-order valence-corrected chi connectivity index (χ3v) is 4.28. The van der Waals surface area contributed by atoms with Crippen molar-refractivity contribution in [2.45, 2.75) is 6.54 Å². The van der Waals surface area contributed by atoms with E-state index in [1.807, 2.05) is 6.07 Å². The molecule has 0 unspecified atom stereocenters. The number of nitrogens with zero attached hydrogens (tertiary/aromatic N) is 1. The molecule has 3 aromatic carbocycles. The summed E-state index contributed by atoms with van der Waals surface area (Å²) in [6.07, 6.45) is 0. The van der Waals surface area contributed by atoms with Gasteiger partial charge >= 0.3 is 0 Å². The molecule has 0 bridgehead atoms. The van der Waals surface area contributed by atoms with Gasteiger partial charge < -0.3 is 15.4 Å². The molecule has 3 aromatic rings. The van der Waals surface area contributed by atoms with Crippen LogP contribution in [0.1, 0.15) is 31.8 Å². The Balaban J connectivity index is 1.71. The first-order valence-electron chi connectivity index (χ1n) is 8.92. The lowest BCUT2D eigenvalue weighted by molar-refractivity contribution is 0.0952. The van der Waals surface area contributed by atoms with E-state index in [4.69, 9.17) is 10.00 Å². The number of hydrogen-bond donors (Lipinski definition) is 2. The van der Waals surface area contributed by atoms with Gasteiger partial charge in [0, 0.05) is 12.1 Å². The number of carbonyl (C=O) groups is 2. The Bertz CT molecular complexity index is 1070. The molecule has 0 aliphatic carbocycles. The van der Waals surface area contributed by atoms with Crippen molar-refractivity contribution in [3.8, 4) is 11.8 Å². The molecular weight excluding hydrogens is 366 g/mol. The monoisotopic (exact) mass is 385 g/mol. The number of nitrogens with one attached hydrogen (secondary N) is 2. The Hall–Kier alpha value is -4.11. The molecule has 6 heteroatoms. The molecule has 6 nitrogen and oxygen atoms in total. The average molecular weight is 385 g/mol. The highest BCUT2D eigenvalue weighted by Gasteiger charge is 2.14. The highest BCUT2D eigenvalue weighted by molar-refractivity contribution is 6.09. The zero-order chi connectivity index (χ0) is 20.6. The van der Waals surface area contributed by atoms with Gasteiger partial charge in [0.15, 0.2) is 0 Å². The zero-order valence-corrected chi connectivity index (χ0v) is 15.8. The summed E-state index contributed by atoms with van der Waals surface area (Å²) in [5, 5.41) is 14.6. The summed E-state index contributed by atoms with van der Waals surface area (Å²) in [5.74, 6) is 0.00871. The van der Waals surface area contributed by atoms with Crippen molar-refractivity contribution < 1.29 is 14.3 Å². The van der Waals surface area contributed by atoms with E-state index in [1.54, 1.807) is 73.8 Å². The van der Waals surface area contributed by atoms with E-state index in [9.17, 15) is 9.59 Å². The summed E-state index contributed by atoms with van der Waals surface area (Å²) < 4.78 is 5.09. The summed E-state index contributed by atoms with van der Waals surface area (Å²) in [5.41, 5.74) is 2.57. The van der Waals surface area contributed by atoms with E-state index in [1.165, 1.54) is 0 Å². The standard InChI is InChI=1S/C23H19N3O3/c1-29-19-11-9-18(10-12-19)22(27)26-21-8-3-2-7-20(21)23(28)25-15-17-6-4-5-16(13-17)14-24/h2-13H,15H2,1H3,(H,25,28)(H,26,27). The van der Waals surface area contributed by atoms with Crippen LogP contribution in [0.15, 0.2) is 72.8 Å². The molecule has 0 saturated carbocycles. The van der Waals surface area contributed by atoms with Gasteiger partial charge in [-0.1, -0.05) is 24.3 Å². The number of anilines is 1. The Morgan fingerprint density at radius 2 is 1.72 bits per heavy atom. The quantitative estimate of drug-likeness (QED) is 0.676. The number of para-hydroxylation sites is 1. The summed E-state index contributed by atoms with van der Waals surface area (Å²) in [7, 11) is 1.56. The van der Waals surface area contributed by atoms with Gasteiger partial charge in [0.2, 0.25) is 0 Å². The minimum Gasteiger partial charge on any atom is -0.497 e. The Labute approximate surface area is 168 Å². The fourth-order valence-electron chi connectivity index (χ4n) is 2.76. The van der Waals surface area contributed by atoms with Crippen LogP contribution in [0.4, 0.5) is 5.69 Å². The van der Waals surface area contributed by atoms with Crippen molar-refractivity contribution in [2.75, 3.05) is 12.4 Å². The second-order valence-electron chi connectivity index (χ2n) is 6.22. The van der Waals surface area contributed by atoms with Gasteiger partial charge in [0.05, 0.1) is 30.0 Å². The fraction of sp³-hybridized carbons (Fsp3) is 0.0870. The fourth-order valence-corrected chi connectivity index (χ4v) is 2.76. The van der Waals surface area contributed by atoms with Gasteiger partial charge in [-0.3, -0.25) is 9.59 Å². The SMILES string of the molecule is COc1ccc(C(=O)Nc2ccccc2C(=O)NCc2cccc(C#N)c2)cc1. The number of ether oxygens (including phenoxy) is 1. The van der Waals surface area contributed by atoms with E-state index in [2.05, 4.69) is 16.7 Å². The minimum absolute atomic E-state index is 0.273. The van der Waals surface area contributed by atoms with Crippen LogP contribution in [0.3, 0.4) is 0 Å². The van der Waals surface area contributed by atoms with E-state index in [-0.39, 0.29) is 18.4 Å². The highest BCUT2D eigenvalue weighted by Crippen LogP contribution is 2.18. The van der Waals surface area contributed by atoms with E-state index in [0.717, 1.165) is 5.56 Å². The van der Waals surface area contributed by atoms with Gasteiger partial charge in [-0.15, -0.1) is 0 Å². The van der Waals surface area contributed by atoms with Crippen molar-refractivity contribution in [3.05, 3.63) is 95.1 Å². The second-order valence-corrected chi connectivity index (χ2v) is 6.22. The lowest BCUT2D eigenvalue weighted by Crippen LogP contribution is -2.25. The van der Waals surface area contributed by atoms with Crippen molar-refractivity contribution in [2.24, 2.45) is 0 Å². The van der Waals surface area contributed by atoms with Crippen LogP contribution in [0.25, 0.3) is 0 Å². The van der Waals surface area contributed by atoms with Gasteiger partial charge in [-0.2, -0.15) is 5.26 Å². The van der Waals surface area contributed by atoms with Gasteiger partial charge in [-0.05, 0) is 54.1 Å².